The highest BCUT2D eigenvalue weighted by Crippen LogP contribution is 2.43. The summed E-state index contributed by atoms with van der Waals surface area (Å²) in [6.45, 7) is 4.85. The van der Waals surface area contributed by atoms with Gasteiger partial charge >= 0.3 is 0 Å². The maximum atomic E-state index is 13.4. The zero-order chi connectivity index (χ0) is 14.6. The lowest BCUT2D eigenvalue weighted by Crippen LogP contribution is -2.28. The Morgan fingerprint density at radius 3 is 2.20 bits per heavy atom. The summed E-state index contributed by atoms with van der Waals surface area (Å²) in [5.74, 6) is -0.113. The summed E-state index contributed by atoms with van der Waals surface area (Å²) < 4.78 is 13.4. The molecule has 0 heterocycles. The van der Waals surface area contributed by atoms with Crippen molar-refractivity contribution >= 4 is 0 Å². The molecule has 0 aliphatic heterocycles. The molecule has 1 aliphatic rings. The smallest absolute Gasteiger partial charge is 0.123 e. The van der Waals surface area contributed by atoms with Crippen molar-refractivity contribution in [2.75, 3.05) is 6.54 Å². The second-order valence-corrected chi connectivity index (χ2v) is 6.62. The highest BCUT2D eigenvalue weighted by atomic mass is 19.1. The average molecular weight is 277 g/mol. The third kappa shape index (κ3) is 3.60. The van der Waals surface area contributed by atoms with Gasteiger partial charge in [-0.25, -0.2) is 4.39 Å². The van der Waals surface area contributed by atoms with Crippen LogP contribution in [-0.2, 0) is 6.42 Å². The Kier molecular flexibility index (Phi) is 5.20. The maximum absolute atomic E-state index is 13.4. The van der Waals surface area contributed by atoms with Gasteiger partial charge in [0, 0.05) is 0 Å². The van der Waals surface area contributed by atoms with Gasteiger partial charge in [0.1, 0.15) is 5.82 Å². The molecule has 0 saturated heterocycles. The van der Waals surface area contributed by atoms with E-state index in [1.165, 1.54) is 44.1 Å². The van der Waals surface area contributed by atoms with Gasteiger partial charge in [-0.3, -0.25) is 0 Å². The number of rotatable bonds is 5. The normalized spacial score (nSPS) is 18.2. The Morgan fingerprint density at radius 2 is 1.65 bits per heavy atom. The molecule has 0 bridgehead atoms. The van der Waals surface area contributed by atoms with Crippen molar-refractivity contribution in [1.82, 2.24) is 0 Å². The number of benzene rings is 1. The highest BCUT2D eigenvalue weighted by molar-refractivity contribution is 5.34. The van der Waals surface area contributed by atoms with E-state index in [9.17, 15) is 4.39 Å². The van der Waals surface area contributed by atoms with Gasteiger partial charge in [-0.2, -0.15) is 0 Å². The van der Waals surface area contributed by atoms with E-state index in [0.717, 1.165) is 30.5 Å². The maximum Gasteiger partial charge on any atom is 0.123 e. The number of hydrogen-bond donors (Lipinski definition) is 1. The first-order chi connectivity index (χ1) is 9.56. The van der Waals surface area contributed by atoms with E-state index in [-0.39, 0.29) is 5.82 Å². The molecule has 2 heteroatoms. The molecule has 1 fully saturated rings. The molecule has 0 unspecified atom stereocenters. The molecule has 0 amide bonds. The van der Waals surface area contributed by atoms with Crippen molar-refractivity contribution < 1.29 is 4.39 Å². The number of hydrogen-bond acceptors (Lipinski definition) is 1. The van der Waals surface area contributed by atoms with Crippen LogP contribution in [-0.4, -0.2) is 6.54 Å². The van der Waals surface area contributed by atoms with Crippen molar-refractivity contribution in [3.05, 3.63) is 34.6 Å². The van der Waals surface area contributed by atoms with Crippen molar-refractivity contribution in [2.24, 2.45) is 11.1 Å². The van der Waals surface area contributed by atoms with Gasteiger partial charge in [0.15, 0.2) is 0 Å². The van der Waals surface area contributed by atoms with E-state index in [1.807, 2.05) is 13.8 Å². The van der Waals surface area contributed by atoms with Gasteiger partial charge in [-0.1, -0.05) is 19.3 Å². The Hall–Kier alpha value is -0.890. The fourth-order valence-corrected chi connectivity index (χ4v) is 3.96. The molecular formula is C18H28FN. The summed E-state index contributed by atoms with van der Waals surface area (Å²) in [5.41, 5.74) is 9.83. The molecule has 1 aliphatic carbocycles. The average Bonchev–Trinajstić information content (AvgIpc) is 2.39. The standard InChI is InChI=1S/C18H28FN/c1-14-12-16(19)13-15(2)17(14)6-9-18(10-11-20)7-4-3-5-8-18/h12-13H,3-11,20H2,1-2H3. The molecule has 0 radical (unpaired) electrons. The quantitative estimate of drug-likeness (QED) is 0.831. The zero-order valence-corrected chi connectivity index (χ0v) is 13.0. The first-order valence-corrected chi connectivity index (χ1v) is 8.02. The molecule has 2 rings (SSSR count). The van der Waals surface area contributed by atoms with Crippen molar-refractivity contribution in [1.29, 1.82) is 0 Å². The summed E-state index contributed by atoms with van der Waals surface area (Å²) in [5, 5.41) is 0. The summed E-state index contributed by atoms with van der Waals surface area (Å²) in [6, 6.07) is 3.33. The van der Waals surface area contributed by atoms with Crippen LogP contribution in [0.2, 0.25) is 0 Å². The molecular weight excluding hydrogens is 249 g/mol. The molecule has 1 aromatic carbocycles. The van der Waals surface area contributed by atoms with Gasteiger partial charge < -0.3 is 5.73 Å². The molecule has 1 aromatic rings. The third-order valence-electron chi connectivity index (χ3n) is 5.16. The molecule has 112 valence electrons. The predicted molar refractivity (Wildman–Crippen MR) is 83.4 cm³/mol. The SMILES string of the molecule is Cc1cc(F)cc(C)c1CCC1(CCN)CCCCC1. The van der Waals surface area contributed by atoms with E-state index in [0.29, 0.717) is 5.41 Å². The Bertz CT molecular complexity index is 418. The third-order valence-corrected chi connectivity index (χ3v) is 5.16. The Labute approximate surface area is 122 Å². The molecule has 1 saturated carbocycles. The molecule has 20 heavy (non-hydrogen) atoms. The summed E-state index contributed by atoms with van der Waals surface area (Å²) >= 11 is 0. The van der Waals surface area contributed by atoms with Gasteiger partial charge in [-0.15, -0.1) is 0 Å². The van der Waals surface area contributed by atoms with Crippen molar-refractivity contribution in [2.45, 2.75) is 65.2 Å². The summed E-state index contributed by atoms with van der Waals surface area (Å²) in [6.07, 6.45) is 10.1. The van der Waals surface area contributed by atoms with Crippen LogP contribution in [0.1, 0.15) is 61.6 Å². The zero-order valence-electron chi connectivity index (χ0n) is 13.0. The molecule has 0 atom stereocenters. The second kappa shape index (κ2) is 6.71. The Morgan fingerprint density at radius 1 is 1.05 bits per heavy atom. The van der Waals surface area contributed by atoms with E-state index >= 15 is 0 Å². The van der Waals surface area contributed by atoms with Gasteiger partial charge in [0.05, 0.1) is 0 Å². The van der Waals surface area contributed by atoms with Crippen LogP contribution in [0.15, 0.2) is 12.1 Å². The van der Waals surface area contributed by atoms with Crippen LogP contribution in [0.5, 0.6) is 0 Å². The topological polar surface area (TPSA) is 26.0 Å². The van der Waals surface area contributed by atoms with E-state index in [1.54, 1.807) is 12.1 Å². The number of aryl methyl sites for hydroxylation is 2. The van der Waals surface area contributed by atoms with Gasteiger partial charge in [0.2, 0.25) is 0 Å². The van der Waals surface area contributed by atoms with E-state index in [4.69, 9.17) is 5.73 Å². The first kappa shape index (κ1) is 15.5. The number of halogens is 1. The van der Waals surface area contributed by atoms with Crippen LogP contribution in [0.3, 0.4) is 0 Å². The van der Waals surface area contributed by atoms with Crippen LogP contribution < -0.4 is 5.73 Å². The summed E-state index contributed by atoms with van der Waals surface area (Å²) in [4.78, 5) is 0. The van der Waals surface area contributed by atoms with Crippen molar-refractivity contribution in [3.8, 4) is 0 Å². The summed E-state index contributed by atoms with van der Waals surface area (Å²) in [7, 11) is 0. The molecule has 0 aromatic heterocycles. The molecule has 0 spiro atoms. The lowest BCUT2D eigenvalue weighted by molar-refractivity contribution is 0.161. The number of nitrogens with two attached hydrogens (primary N) is 1. The minimum absolute atomic E-state index is 0.113. The van der Waals surface area contributed by atoms with E-state index in [2.05, 4.69) is 0 Å². The van der Waals surface area contributed by atoms with Crippen LogP contribution in [0.25, 0.3) is 0 Å². The fourth-order valence-electron chi connectivity index (χ4n) is 3.96. The van der Waals surface area contributed by atoms with Crippen LogP contribution in [0.4, 0.5) is 4.39 Å². The van der Waals surface area contributed by atoms with Crippen molar-refractivity contribution in [3.63, 3.8) is 0 Å². The predicted octanol–water partition coefficient (Wildman–Crippen LogP) is 4.67. The van der Waals surface area contributed by atoms with Gasteiger partial charge in [0.25, 0.3) is 0 Å². The monoisotopic (exact) mass is 277 g/mol. The Balaban J connectivity index is 2.09. The lowest BCUT2D eigenvalue weighted by Gasteiger charge is -2.37. The second-order valence-electron chi connectivity index (χ2n) is 6.62. The fraction of sp³-hybridized carbons (Fsp3) is 0.667. The lowest BCUT2D eigenvalue weighted by atomic mass is 9.68. The first-order valence-electron chi connectivity index (χ1n) is 8.02. The van der Waals surface area contributed by atoms with Gasteiger partial charge in [-0.05, 0) is 86.7 Å². The molecule has 1 nitrogen and oxygen atoms in total. The van der Waals surface area contributed by atoms with Crippen LogP contribution in [0, 0.1) is 25.1 Å². The molecule has 2 N–H and O–H groups in total. The minimum Gasteiger partial charge on any atom is -0.330 e. The van der Waals surface area contributed by atoms with E-state index < -0.39 is 0 Å². The minimum atomic E-state index is -0.113. The van der Waals surface area contributed by atoms with Crippen LogP contribution >= 0.6 is 0 Å². The largest absolute Gasteiger partial charge is 0.330 e. The highest BCUT2D eigenvalue weighted by Gasteiger charge is 2.30.